The summed E-state index contributed by atoms with van der Waals surface area (Å²) in [5, 5.41) is 7.73. The van der Waals surface area contributed by atoms with E-state index in [1.54, 1.807) is 17.7 Å². The summed E-state index contributed by atoms with van der Waals surface area (Å²) in [6.07, 6.45) is 2.35. The van der Waals surface area contributed by atoms with Crippen molar-refractivity contribution in [1.29, 1.82) is 0 Å². The Bertz CT molecular complexity index is 1360. The van der Waals surface area contributed by atoms with Gasteiger partial charge in [0.05, 0.1) is 12.8 Å². The first-order valence-corrected chi connectivity index (χ1v) is 11.1. The van der Waals surface area contributed by atoms with Crippen molar-refractivity contribution in [1.82, 2.24) is 19.7 Å². The van der Waals surface area contributed by atoms with Gasteiger partial charge in [-0.2, -0.15) is 5.10 Å². The molecule has 0 aliphatic carbocycles. The van der Waals surface area contributed by atoms with Gasteiger partial charge in [-0.15, -0.1) is 0 Å². The van der Waals surface area contributed by atoms with Crippen LogP contribution in [0, 0.1) is 12.8 Å². The Balaban J connectivity index is 1.28. The van der Waals surface area contributed by atoms with Crippen molar-refractivity contribution in [3.63, 3.8) is 0 Å². The van der Waals surface area contributed by atoms with E-state index < -0.39 is 0 Å². The van der Waals surface area contributed by atoms with Crippen LogP contribution < -0.4 is 10.4 Å². The molecule has 1 aliphatic rings. The quantitative estimate of drug-likeness (QED) is 0.504. The summed E-state index contributed by atoms with van der Waals surface area (Å²) < 4.78 is 12.8. The number of amides is 1. The first-order chi connectivity index (χ1) is 16.0. The number of likely N-dealkylation sites (tertiary alicyclic amines) is 1. The molecule has 8 heteroatoms. The minimum Gasteiger partial charge on any atom is -0.493 e. The smallest absolute Gasteiger partial charge is 0.347 e. The largest absolute Gasteiger partial charge is 0.493 e. The molecule has 0 saturated carbocycles. The normalized spacial score (nSPS) is 14.7. The zero-order chi connectivity index (χ0) is 22.9. The zero-order valence-electron chi connectivity index (χ0n) is 18.7. The van der Waals surface area contributed by atoms with Gasteiger partial charge in [0.15, 0.2) is 17.1 Å². The van der Waals surface area contributed by atoms with Gasteiger partial charge in [-0.1, -0.05) is 30.3 Å². The number of methoxy groups -OCH3 is 1. The van der Waals surface area contributed by atoms with Crippen LogP contribution in [0.1, 0.15) is 34.8 Å². The number of nitrogens with one attached hydrogen (secondary N) is 1. The van der Waals surface area contributed by atoms with E-state index in [1.165, 1.54) is 0 Å². The van der Waals surface area contributed by atoms with Crippen LogP contribution in [0.25, 0.3) is 16.7 Å². The molecule has 3 heterocycles. The molecule has 5 rings (SSSR count). The molecular formula is C25H26N4O4. The number of aromatic nitrogens is 3. The van der Waals surface area contributed by atoms with Gasteiger partial charge >= 0.3 is 5.69 Å². The number of para-hydroxylation sites is 2. The lowest BCUT2D eigenvalue weighted by molar-refractivity contribution is 0.0660. The summed E-state index contributed by atoms with van der Waals surface area (Å²) in [4.78, 5) is 27.3. The fourth-order valence-corrected chi connectivity index (χ4v) is 4.59. The first kappa shape index (κ1) is 21.1. The lowest BCUT2D eigenvalue weighted by Crippen LogP contribution is -2.39. The first-order valence-electron chi connectivity index (χ1n) is 11.1. The van der Waals surface area contributed by atoms with E-state index in [9.17, 15) is 9.59 Å². The third-order valence-electron chi connectivity index (χ3n) is 6.41. The monoisotopic (exact) mass is 446 g/mol. The number of carbonyl (C=O) groups is 1. The zero-order valence-corrected chi connectivity index (χ0v) is 18.7. The van der Waals surface area contributed by atoms with Crippen LogP contribution >= 0.6 is 0 Å². The van der Waals surface area contributed by atoms with Crippen LogP contribution in [-0.2, 0) is 6.42 Å². The molecule has 0 radical (unpaired) electrons. The van der Waals surface area contributed by atoms with Crippen molar-refractivity contribution >= 4 is 16.9 Å². The van der Waals surface area contributed by atoms with Gasteiger partial charge in [0.2, 0.25) is 0 Å². The summed E-state index contributed by atoms with van der Waals surface area (Å²) in [6, 6.07) is 15.2. The second-order valence-electron chi connectivity index (χ2n) is 8.50. The molecule has 2 aromatic heterocycles. The minimum absolute atomic E-state index is 0.108. The number of aryl methyl sites for hydroxylation is 1. The number of aromatic amines is 1. The van der Waals surface area contributed by atoms with E-state index in [-0.39, 0.29) is 11.6 Å². The van der Waals surface area contributed by atoms with Crippen LogP contribution in [0.2, 0.25) is 0 Å². The van der Waals surface area contributed by atoms with Gasteiger partial charge in [-0.3, -0.25) is 4.79 Å². The molecule has 170 valence electrons. The number of rotatable bonds is 5. The summed E-state index contributed by atoms with van der Waals surface area (Å²) >= 11 is 0. The van der Waals surface area contributed by atoms with Crippen molar-refractivity contribution in [2.45, 2.75) is 26.2 Å². The van der Waals surface area contributed by atoms with Gasteiger partial charge < -0.3 is 14.1 Å². The van der Waals surface area contributed by atoms with Crippen LogP contribution in [0.15, 0.2) is 57.7 Å². The van der Waals surface area contributed by atoms with Crippen LogP contribution in [0.3, 0.4) is 0 Å². The second-order valence-corrected chi connectivity index (χ2v) is 8.50. The Kier molecular flexibility index (Phi) is 5.50. The van der Waals surface area contributed by atoms with Gasteiger partial charge in [-0.05, 0) is 49.4 Å². The molecule has 8 nitrogen and oxygen atoms in total. The average molecular weight is 447 g/mol. The predicted molar refractivity (Wildman–Crippen MR) is 124 cm³/mol. The number of hydrogen-bond acceptors (Lipinski definition) is 5. The van der Waals surface area contributed by atoms with Crippen LogP contribution in [0.4, 0.5) is 0 Å². The third kappa shape index (κ3) is 3.92. The van der Waals surface area contributed by atoms with E-state index in [1.807, 2.05) is 54.3 Å². The van der Waals surface area contributed by atoms with Crippen molar-refractivity contribution in [3.8, 4) is 11.4 Å². The summed E-state index contributed by atoms with van der Waals surface area (Å²) in [7, 11) is 1.58. The number of fused-ring (bicyclic) bond motifs is 1. The van der Waals surface area contributed by atoms with E-state index in [0.29, 0.717) is 42.5 Å². The van der Waals surface area contributed by atoms with E-state index in [2.05, 4.69) is 10.2 Å². The van der Waals surface area contributed by atoms with Gasteiger partial charge in [0.1, 0.15) is 5.82 Å². The summed E-state index contributed by atoms with van der Waals surface area (Å²) in [5.41, 5.74) is 2.22. The maximum atomic E-state index is 13.0. The number of H-pyrrole nitrogens is 1. The highest BCUT2D eigenvalue weighted by Gasteiger charge is 2.27. The molecule has 1 amide bonds. The van der Waals surface area contributed by atoms with Crippen LogP contribution in [0.5, 0.6) is 5.75 Å². The number of nitrogens with zero attached hydrogens (tertiary/aromatic N) is 3. The van der Waals surface area contributed by atoms with Gasteiger partial charge in [0.25, 0.3) is 5.91 Å². The van der Waals surface area contributed by atoms with Crippen molar-refractivity contribution in [2.24, 2.45) is 5.92 Å². The maximum absolute atomic E-state index is 13.0. The van der Waals surface area contributed by atoms with E-state index >= 15 is 0 Å². The Morgan fingerprint density at radius 3 is 2.73 bits per heavy atom. The molecule has 4 aromatic rings. The topological polar surface area (TPSA) is 93.4 Å². The minimum atomic E-state index is -0.229. The Hall–Kier alpha value is -3.81. The molecule has 2 aromatic carbocycles. The van der Waals surface area contributed by atoms with Crippen molar-refractivity contribution < 1.29 is 13.9 Å². The highest BCUT2D eigenvalue weighted by Crippen LogP contribution is 2.30. The molecule has 1 N–H and O–H groups in total. The lowest BCUT2D eigenvalue weighted by atomic mass is 9.93. The number of benzene rings is 2. The molecule has 1 aliphatic heterocycles. The molecular weight excluding hydrogens is 420 g/mol. The Morgan fingerprint density at radius 1 is 1.18 bits per heavy atom. The maximum Gasteiger partial charge on any atom is 0.347 e. The molecule has 1 saturated heterocycles. The summed E-state index contributed by atoms with van der Waals surface area (Å²) in [5.74, 6) is 1.90. The fraction of sp³-hybridized carbons (Fsp3) is 0.320. The number of ether oxygens (including phenoxy) is 1. The fourth-order valence-electron chi connectivity index (χ4n) is 4.59. The Labute approximate surface area is 190 Å². The van der Waals surface area contributed by atoms with Gasteiger partial charge in [0, 0.05) is 24.9 Å². The predicted octanol–water partition coefficient (Wildman–Crippen LogP) is 3.72. The molecule has 0 atom stereocenters. The highest BCUT2D eigenvalue weighted by atomic mass is 16.5. The van der Waals surface area contributed by atoms with Gasteiger partial charge in [-0.25, -0.2) is 14.5 Å². The molecule has 1 fully saturated rings. The SMILES string of the molecule is COc1cccc2cc(C(=O)N3CCC(Cc4n[nH]c(=O)n4-c4ccccc4C)CC3)oc12. The van der Waals surface area contributed by atoms with E-state index in [4.69, 9.17) is 9.15 Å². The number of furan rings is 1. The number of hydrogen-bond donors (Lipinski definition) is 1. The number of piperidine rings is 1. The number of carbonyl (C=O) groups excluding carboxylic acids is 1. The van der Waals surface area contributed by atoms with Crippen molar-refractivity contribution in [3.05, 3.63) is 76.2 Å². The van der Waals surface area contributed by atoms with E-state index in [0.717, 1.165) is 35.3 Å². The highest BCUT2D eigenvalue weighted by molar-refractivity contribution is 5.97. The molecule has 0 unspecified atom stereocenters. The van der Waals surface area contributed by atoms with Crippen molar-refractivity contribution in [2.75, 3.05) is 20.2 Å². The lowest BCUT2D eigenvalue weighted by Gasteiger charge is -2.31. The second kappa shape index (κ2) is 8.61. The standard InChI is InChI=1S/C25H26N4O4/c1-16-6-3-4-8-19(16)29-22(26-27-25(29)31)14-17-10-12-28(13-11-17)24(30)21-15-18-7-5-9-20(32-2)23(18)33-21/h3-9,15,17H,10-14H2,1-2H3,(H,27,31). The van der Waals surface area contributed by atoms with Crippen LogP contribution in [-0.4, -0.2) is 45.8 Å². The molecule has 0 spiro atoms. The summed E-state index contributed by atoms with van der Waals surface area (Å²) in [6.45, 7) is 3.25. The molecule has 33 heavy (non-hydrogen) atoms. The molecule has 0 bridgehead atoms. The average Bonchev–Trinajstić information content (AvgIpc) is 3.43. The Morgan fingerprint density at radius 2 is 1.97 bits per heavy atom. The third-order valence-corrected chi connectivity index (χ3v) is 6.41.